The summed E-state index contributed by atoms with van der Waals surface area (Å²) in [6.45, 7) is 2.21. The number of primary amides is 1. The van der Waals surface area contributed by atoms with E-state index in [1.54, 1.807) is 14.2 Å². The van der Waals surface area contributed by atoms with Gasteiger partial charge in [0.05, 0.1) is 0 Å². The second kappa shape index (κ2) is 11.3. The molecule has 1 aromatic carbocycles. The average Bonchev–Trinajstić information content (AvgIpc) is 2.56. The van der Waals surface area contributed by atoms with Crippen LogP contribution in [0.25, 0.3) is 0 Å². The molecule has 0 atom stereocenters. The summed E-state index contributed by atoms with van der Waals surface area (Å²) in [5, 5.41) is 6.48. The second-order valence-electron chi connectivity index (χ2n) is 4.92. The van der Waals surface area contributed by atoms with Gasteiger partial charge in [-0.2, -0.15) is 0 Å². The molecular formula is C16H26N4O3. The van der Waals surface area contributed by atoms with E-state index in [0.717, 1.165) is 38.5 Å². The molecule has 0 aromatic heterocycles. The number of carbonyl (C=O) groups is 1. The van der Waals surface area contributed by atoms with Gasteiger partial charge in [-0.3, -0.25) is 9.79 Å². The van der Waals surface area contributed by atoms with Crippen LogP contribution < -0.4 is 21.1 Å². The van der Waals surface area contributed by atoms with Crippen LogP contribution >= 0.6 is 0 Å². The smallest absolute Gasteiger partial charge is 0.255 e. The molecule has 0 saturated heterocycles. The summed E-state index contributed by atoms with van der Waals surface area (Å²) in [5.41, 5.74) is 6.20. The average molecular weight is 322 g/mol. The van der Waals surface area contributed by atoms with Gasteiger partial charge in [0, 0.05) is 33.9 Å². The number of carbonyl (C=O) groups excluding carboxylic acids is 1. The highest BCUT2D eigenvalue weighted by molar-refractivity contribution is 5.79. The second-order valence-corrected chi connectivity index (χ2v) is 4.92. The third-order valence-corrected chi connectivity index (χ3v) is 3.05. The third kappa shape index (κ3) is 8.67. The Morgan fingerprint density at radius 2 is 1.91 bits per heavy atom. The standard InChI is InChI=1S/C16H26N4O3/c1-18-16(19-9-3-11-22-2)20-10-8-13-4-6-14(7-5-13)23-12-15(17)21/h4-7H,3,8-12H2,1-2H3,(H2,17,21)(H2,18,19,20). The number of hydrogen-bond donors (Lipinski definition) is 3. The van der Waals surface area contributed by atoms with Crippen LogP contribution in [0.1, 0.15) is 12.0 Å². The maximum atomic E-state index is 10.6. The lowest BCUT2D eigenvalue weighted by Crippen LogP contribution is -2.38. The fourth-order valence-corrected chi connectivity index (χ4v) is 1.88. The van der Waals surface area contributed by atoms with E-state index >= 15 is 0 Å². The summed E-state index contributed by atoms with van der Waals surface area (Å²) in [7, 11) is 3.44. The van der Waals surface area contributed by atoms with E-state index in [2.05, 4.69) is 15.6 Å². The van der Waals surface area contributed by atoms with E-state index in [0.29, 0.717) is 5.75 Å². The molecule has 0 aliphatic heterocycles. The van der Waals surface area contributed by atoms with Gasteiger partial charge in [-0.25, -0.2) is 0 Å². The zero-order valence-electron chi connectivity index (χ0n) is 13.8. The highest BCUT2D eigenvalue weighted by Crippen LogP contribution is 2.12. The molecule has 7 heteroatoms. The lowest BCUT2D eigenvalue weighted by Gasteiger charge is -2.12. The van der Waals surface area contributed by atoms with E-state index in [-0.39, 0.29) is 6.61 Å². The summed E-state index contributed by atoms with van der Waals surface area (Å²) in [6, 6.07) is 7.59. The molecule has 0 aliphatic carbocycles. The maximum Gasteiger partial charge on any atom is 0.255 e. The van der Waals surface area contributed by atoms with Gasteiger partial charge in [0.25, 0.3) is 5.91 Å². The monoisotopic (exact) mass is 322 g/mol. The molecule has 0 fully saturated rings. The first-order valence-electron chi connectivity index (χ1n) is 7.59. The molecule has 1 amide bonds. The van der Waals surface area contributed by atoms with Gasteiger partial charge in [-0.05, 0) is 30.5 Å². The number of nitrogens with one attached hydrogen (secondary N) is 2. The number of ether oxygens (including phenoxy) is 2. The summed E-state index contributed by atoms with van der Waals surface area (Å²) in [4.78, 5) is 14.8. The molecular weight excluding hydrogens is 296 g/mol. The molecule has 0 bridgehead atoms. The van der Waals surface area contributed by atoms with E-state index in [9.17, 15) is 4.79 Å². The molecule has 0 spiro atoms. The van der Waals surface area contributed by atoms with Crippen molar-refractivity contribution in [1.29, 1.82) is 0 Å². The Balaban J connectivity index is 2.27. The molecule has 1 aromatic rings. The van der Waals surface area contributed by atoms with Crippen molar-refractivity contribution in [3.8, 4) is 5.75 Å². The van der Waals surface area contributed by atoms with Gasteiger partial charge >= 0.3 is 0 Å². The molecule has 128 valence electrons. The van der Waals surface area contributed by atoms with Crippen molar-refractivity contribution in [2.24, 2.45) is 10.7 Å². The van der Waals surface area contributed by atoms with Crippen molar-refractivity contribution < 1.29 is 14.3 Å². The van der Waals surface area contributed by atoms with Crippen LogP contribution in [0.3, 0.4) is 0 Å². The highest BCUT2D eigenvalue weighted by Gasteiger charge is 2.00. The number of methoxy groups -OCH3 is 1. The van der Waals surface area contributed by atoms with E-state index < -0.39 is 5.91 Å². The minimum absolute atomic E-state index is 0.105. The quantitative estimate of drug-likeness (QED) is 0.327. The number of aliphatic imine (C=N–C) groups is 1. The lowest BCUT2D eigenvalue weighted by atomic mass is 10.1. The van der Waals surface area contributed by atoms with Crippen LogP contribution in [-0.2, 0) is 16.0 Å². The fraction of sp³-hybridized carbons (Fsp3) is 0.500. The number of nitrogens with two attached hydrogens (primary N) is 1. The predicted octanol–water partition coefficient (Wildman–Crippen LogP) is 0.295. The van der Waals surface area contributed by atoms with Crippen molar-refractivity contribution in [2.75, 3.05) is 40.5 Å². The van der Waals surface area contributed by atoms with Gasteiger partial charge in [-0.1, -0.05) is 12.1 Å². The number of amides is 1. The Hall–Kier alpha value is -2.28. The molecule has 1 rings (SSSR count). The summed E-state index contributed by atoms with van der Waals surface area (Å²) in [5.74, 6) is 0.932. The maximum absolute atomic E-state index is 10.6. The highest BCUT2D eigenvalue weighted by atomic mass is 16.5. The number of nitrogens with zero attached hydrogens (tertiary/aromatic N) is 1. The normalized spacial score (nSPS) is 11.1. The zero-order valence-corrected chi connectivity index (χ0v) is 13.8. The van der Waals surface area contributed by atoms with Crippen molar-refractivity contribution >= 4 is 11.9 Å². The van der Waals surface area contributed by atoms with Crippen molar-refractivity contribution in [3.63, 3.8) is 0 Å². The zero-order chi connectivity index (χ0) is 16.9. The van der Waals surface area contributed by atoms with Crippen LogP contribution in [0.15, 0.2) is 29.3 Å². The molecule has 7 nitrogen and oxygen atoms in total. The van der Waals surface area contributed by atoms with Gasteiger partial charge in [0.15, 0.2) is 12.6 Å². The van der Waals surface area contributed by atoms with E-state index in [1.165, 1.54) is 5.56 Å². The van der Waals surface area contributed by atoms with E-state index in [1.807, 2.05) is 24.3 Å². The van der Waals surface area contributed by atoms with Crippen molar-refractivity contribution in [2.45, 2.75) is 12.8 Å². The van der Waals surface area contributed by atoms with Gasteiger partial charge in [0.1, 0.15) is 5.75 Å². The lowest BCUT2D eigenvalue weighted by molar-refractivity contribution is -0.119. The van der Waals surface area contributed by atoms with Crippen LogP contribution in [0, 0.1) is 0 Å². The number of benzene rings is 1. The van der Waals surface area contributed by atoms with Gasteiger partial charge < -0.3 is 25.8 Å². The van der Waals surface area contributed by atoms with Crippen LogP contribution in [0.2, 0.25) is 0 Å². The van der Waals surface area contributed by atoms with E-state index in [4.69, 9.17) is 15.2 Å². The van der Waals surface area contributed by atoms with Crippen LogP contribution in [0.5, 0.6) is 5.75 Å². The summed E-state index contributed by atoms with van der Waals surface area (Å²) < 4.78 is 10.2. The summed E-state index contributed by atoms with van der Waals surface area (Å²) >= 11 is 0. The Morgan fingerprint density at radius 3 is 2.52 bits per heavy atom. The number of rotatable bonds is 10. The largest absolute Gasteiger partial charge is 0.484 e. The first kappa shape index (κ1) is 18.8. The van der Waals surface area contributed by atoms with Crippen LogP contribution in [0.4, 0.5) is 0 Å². The fourth-order valence-electron chi connectivity index (χ4n) is 1.88. The first-order chi connectivity index (χ1) is 11.2. The van der Waals surface area contributed by atoms with Gasteiger partial charge in [-0.15, -0.1) is 0 Å². The topological polar surface area (TPSA) is 98.0 Å². The molecule has 0 heterocycles. The summed E-state index contributed by atoms with van der Waals surface area (Å²) in [6.07, 6.45) is 1.79. The Labute approximate surface area is 137 Å². The minimum atomic E-state index is -0.484. The first-order valence-corrected chi connectivity index (χ1v) is 7.59. The molecule has 0 unspecified atom stereocenters. The number of hydrogen-bond acceptors (Lipinski definition) is 4. The number of guanidine groups is 1. The molecule has 0 aliphatic rings. The Kier molecular flexibility index (Phi) is 9.23. The Morgan fingerprint density at radius 1 is 1.22 bits per heavy atom. The Bertz CT molecular complexity index is 489. The molecule has 0 radical (unpaired) electrons. The molecule has 23 heavy (non-hydrogen) atoms. The SMILES string of the molecule is CN=C(NCCCOC)NCCc1ccc(OCC(N)=O)cc1. The van der Waals surface area contributed by atoms with Crippen molar-refractivity contribution in [1.82, 2.24) is 10.6 Å². The van der Waals surface area contributed by atoms with Crippen molar-refractivity contribution in [3.05, 3.63) is 29.8 Å². The molecule has 0 saturated carbocycles. The predicted molar refractivity (Wildman–Crippen MR) is 90.7 cm³/mol. The molecule has 4 N–H and O–H groups in total. The minimum Gasteiger partial charge on any atom is -0.484 e. The van der Waals surface area contributed by atoms with Gasteiger partial charge in [0.2, 0.25) is 0 Å². The van der Waals surface area contributed by atoms with Crippen LogP contribution in [-0.4, -0.2) is 52.3 Å². The third-order valence-electron chi connectivity index (χ3n) is 3.05.